The molecular formula is C24H26F6N2. The van der Waals surface area contributed by atoms with E-state index in [-0.39, 0.29) is 11.6 Å². The van der Waals surface area contributed by atoms with E-state index in [2.05, 4.69) is 23.7 Å². The van der Waals surface area contributed by atoms with Gasteiger partial charge in [0.2, 0.25) is 0 Å². The molecule has 0 amide bonds. The van der Waals surface area contributed by atoms with Crippen molar-refractivity contribution in [1.29, 1.82) is 0 Å². The molecule has 174 valence electrons. The fourth-order valence-electron chi connectivity index (χ4n) is 4.04. The number of aromatic amines is 1. The molecule has 0 aliphatic rings. The number of rotatable bonds is 8. The first kappa shape index (κ1) is 24.2. The third-order valence-corrected chi connectivity index (χ3v) is 5.45. The van der Waals surface area contributed by atoms with Gasteiger partial charge >= 0.3 is 12.4 Å². The van der Waals surface area contributed by atoms with Gasteiger partial charge in [-0.05, 0) is 67.7 Å². The van der Waals surface area contributed by atoms with Gasteiger partial charge in [0.15, 0.2) is 0 Å². The summed E-state index contributed by atoms with van der Waals surface area (Å²) in [6.45, 7) is 6.57. The van der Waals surface area contributed by atoms with Crippen LogP contribution in [0.4, 0.5) is 26.3 Å². The van der Waals surface area contributed by atoms with Gasteiger partial charge in [-0.1, -0.05) is 32.0 Å². The maximum absolute atomic E-state index is 13.4. The molecule has 3 aromatic rings. The Morgan fingerprint density at radius 3 is 1.88 bits per heavy atom. The van der Waals surface area contributed by atoms with Crippen molar-refractivity contribution in [2.24, 2.45) is 0 Å². The van der Waals surface area contributed by atoms with E-state index in [1.807, 2.05) is 12.1 Å². The second-order valence-electron chi connectivity index (χ2n) is 7.91. The van der Waals surface area contributed by atoms with E-state index >= 15 is 0 Å². The molecule has 1 heterocycles. The zero-order valence-corrected chi connectivity index (χ0v) is 18.0. The molecule has 0 spiro atoms. The molecule has 0 fully saturated rings. The number of nitrogens with one attached hydrogen (secondary N) is 1. The Hall–Kier alpha value is -2.48. The maximum Gasteiger partial charge on any atom is 0.416 e. The lowest BCUT2D eigenvalue weighted by Crippen LogP contribution is -2.27. The van der Waals surface area contributed by atoms with Gasteiger partial charge in [0.25, 0.3) is 0 Å². The highest BCUT2D eigenvalue weighted by atomic mass is 19.4. The largest absolute Gasteiger partial charge is 0.416 e. The standard InChI is InChI=1S/C24H26F6N2/c1-3-10-32(11-4-2)12-9-20-19-7-5-6-8-21(19)31-22(20)16-13-17(23(25,26)27)15-18(14-16)24(28,29)30/h5-8,13-15,31H,3-4,9-12H2,1-2H3. The van der Waals surface area contributed by atoms with Gasteiger partial charge in [-0.2, -0.15) is 26.3 Å². The van der Waals surface area contributed by atoms with Gasteiger partial charge in [-0.15, -0.1) is 0 Å². The van der Waals surface area contributed by atoms with Crippen LogP contribution in [0.2, 0.25) is 0 Å². The lowest BCUT2D eigenvalue weighted by Gasteiger charge is -2.21. The van der Waals surface area contributed by atoms with Crippen molar-refractivity contribution in [3.05, 3.63) is 59.2 Å². The van der Waals surface area contributed by atoms with Crippen LogP contribution in [-0.4, -0.2) is 29.5 Å². The molecule has 2 nitrogen and oxygen atoms in total. The molecule has 8 heteroatoms. The molecule has 0 bridgehead atoms. The quantitative estimate of drug-likeness (QED) is 0.347. The van der Waals surface area contributed by atoms with Crippen LogP contribution in [0, 0.1) is 0 Å². The molecule has 0 saturated carbocycles. The molecule has 2 aromatic carbocycles. The van der Waals surface area contributed by atoms with Gasteiger partial charge in [-0.3, -0.25) is 0 Å². The summed E-state index contributed by atoms with van der Waals surface area (Å²) in [5.74, 6) is 0. The summed E-state index contributed by atoms with van der Waals surface area (Å²) < 4.78 is 80.4. The van der Waals surface area contributed by atoms with Crippen molar-refractivity contribution in [1.82, 2.24) is 9.88 Å². The van der Waals surface area contributed by atoms with Crippen LogP contribution in [0.15, 0.2) is 42.5 Å². The second-order valence-corrected chi connectivity index (χ2v) is 7.91. The highest BCUT2D eigenvalue weighted by Gasteiger charge is 2.37. The highest BCUT2D eigenvalue weighted by molar-refractivity contribution is 5.91. The van der Waals surface area contributed by atoms with Crippen LogP contribution >= 0.6 is 0 Å². The van der Waals surface area contributed by atoms with Crippen LogP contribution in [0.5, 0.6) is 0 Å². The molecule has 0 saturated heterocycles. The summed E-state index contributed by atoms with van der Waals surface area (Å²) in [6, 6.07) is 8.95. The lowest BCUT2D eigenvalue weighted by molar-refractivity contribution is -0.143. The molecule has 0 atom stereocenters. The minimum absolute atomic E-state index is 0.115. The summed E-state index contributed by atoms with van der Waals surface area (Å²) in [7, 11) is 0. The Morgan fingerprint density at radius 2 is 1.34 bits per heavy atom. The van der Waals surface area contributed by atoms with E-state index in [0.29, 0.717) is 24.2 Å². The number of para-hydroxylation sites is 1. The predicted octanol–water partition coefficient (Wildman–Crippen LogP) is 7.54. The van der Waals surface area contributed by atoms with Crippen molar-refractivity contribution in [2.75, 3.05) is 19.6 Å². The number of halogens is 6. The van der Waals surface area contributed by atoms with Gasteiger partial charge in [-0.25, -0.2) is 0 Å². The highest BCUT2D eigenvalue weighted by Crippen LogP contribution is 2.40. The van der Waals surface area contributed by atoms with Gasteiger partial charge in [0.05, 0.1) is 11.1 Å². The van der Waals surface area contributed by atoms with E-state index in [4.69, 9.17) is 0 Å². The van der Waals surface area contributed by atoms with E-state index in [9.17, 15) is 26.3 Å². The average Bonchev–Trinajstić information content (AvgIpc) is 3.09. The van der Waals surface area contributed by atoms with Gasteiger partial charge in [0, 0.05) is 23.1 Å². The maximum atomic E-state index is 13.4. The molecule has 0 aliphatic carbocycles. The Bertz CT molecular complexity index is 1010. The average molecular weight is 456 g/mol. The van der Waals surface area contributed by atoms with E-state index in [1.165, 1.54) is 0 Å². The molecule has 0 unspecified atom stereocenters. The Morgan fingerprint density at radius 1 is 0.781 bits per heavy atom. The number of aromatic nitrogens is 1. The first-order valence-corrected chi connectivity index (χ1v) is 10.7. The number of hydrogen-bond donors (Lipinski definition) is 1. The molecule has 0 aliphatic heterocycles. The normalized spacial score (nSPS) is 12.8. The summed E-state index contributed by atoms with van der Waals surface area (Å²) in [5.41, 5.74) is -1.03. The van der Waals surface area contributed by atoms with Crippen LogP contribution in [0.1, 0.15) is 43.4 Å². The van der Waals surface area contributed by atoms with Crippen molar-refractivity contribution >= 4 is 10.9 Å². The first-order valence-electron chi connectivity index (χ1n) is 10.7. The van der Waals surface area contributed by atoms with Gasteiger partial charge in [0.1, 0.15) is 0 Å². The number of hydrogen-bond acceptors (Lipinski definition) is 1. The SMILES string of the molecule is CCCN(CCC)CCc1c(-c2cc(C(F)(F)F)cc(C(F)(F)F)c2)[nH]c2ccccc12. The molecule has 3 rings (SSSR count). The lowest BCUT2D eigenvalue weighted by atomic mass is 9.98. The number of alkyl halides is 6. The van der Waals surface area contributed by atoms with E-state index in [0.717, 1.165) is 49.0 Å². The third kappa shape index (κ3) is 5.46. The third-order valence-electron chi connectivity index (χ3n) is 5.45. The first-order chi connectivity index (χ1) is 15.0. The fourth-order valence-corrected chi connectivity index (χ4v) is 4.04. The smallest absolute Gasteiger partial charge is 0.354 e. The Labute approximate surface area is 183 Å². The molecular weight excluding hydrogens is 430 g/mol. The fraction of sp³-hybridized carbons (Fsp3) is 0.417. The summed E-state index contributed by atoms with van der Waals surface area (Å²) in [4.78, 5) is 5.34. The van der Waals surface area contributed by atoms with Crippen molar-refractivity contribution in [2.45, 2.75) is 45.5 Å². The van der Waals surface area contributed by atoms with Crippen LogP contribution < -0.4 is 0 Å². The summed E-state index contributed by atoms with van der Waals surface area (Å²) in [5, 5.41) is 0.807. The summed E-state index contributed by atoms with van der Waals surface area (Å²) >= 11 is 0. The van der Waals surface area contributed by atoms with Crippen molar-refractivity contribution in [3.63, 3.8) is 0 Å². The van der Waals surface area contributed by atoms with Crippen LogP contribution in [-0.2, 0) is 18.8 Å². The number of fused-ring (bicyclic) bond motifs is 1. The molecule has 1 N–H and O–H groups in total. The topological polar surface area (TPSA) is 19.0 Å². The zero-order valence-electron chi connectivity index (χ0n) is 18.0. The second kappa shape index (κ2) is 9.57. The Balaban J connectivity index is 2.13. The van der Waals surface area contributed by atoms with Crippen molar-refractivity contribution in [3.8, 4) is 11.3 Å². The van der Waals surface area contributed by atoms with Crippen LogP contribution in [0.3, 0.4) is 0 Å². The van der Waals surface area contributed by atoms with Gasteiger partial charge < -0.3 is 9.88 Å². The Kier molecular flexibility index (Phi) is 7.22. The number of H-pyrrole nitrogens is 1. The van der Waals surface area contributed by atoms with Crippen LogP contribution in [0.25, 0.3) is 22.2 Å². The minimum atomic E-state index is -4.89. The predicted molar refractivity (Wildman–Crippen MR) is 114 cm³/mol. The molecule has 32 heavy (non-hydrogen) atoms. The molecule has 0 radical (unpaired) electrons. The van der Waals surface area contributed by atoms with E-state index in [1.54, 1.807) is 12.1 Å². The summed E-state index contributed by atoms with van der Waals surface area (Å²) in [6.07, 6.45) is -7.34. The number of nitrogens with zero attached hydrogens (tertiary/aromatic N) is 1. The van der Waals surface area contributed by atoms with Crippen molar-refractivity contribution < 1.29 is 26.3 Å². The minimum Gasteiger partial charge on any atom is -0.354 e. The monoisotopic (exact) mass is 456 g/mol. The number of benzene rings is 2. The molecule has 1 aromatic heterocycles. The zero-order chi connectivity index (χ0) is 23.5. The van der Waals surface area contributed by atoms with E-state index < -0.39 is 23.5 Å².